The van der Waals surface area contributed by atoms with Gasteiger partial charge in [0.2, 0.25) is 0 Å². The van der Waals surface area contributed by atoms with Crippen molar-refractivity contribution in [3.05, 3.63) is 519 Å². The summed E-state index contributed by atoms with van der Waals surface area (Å²) in [6.07, 6.45) is 0. The normalized spacial score (nSPS) is 13.8. The van der Waals surface area contributed by atoms with Crippen LogP contribution in [0.5, 0.6) is 0 Å². The van der Waals surface area contributed by atoms with Crippen LogP contribution < -0.4 is 0 Å². The van der Waals surface area contributed by atoms with E-state index in [0.717, 1.165) is 22.3 Å². The van der Waals surface area contributed by atoms with Crippen LogP contribution in [0, 0.1) is 0 Å². The minimum absolute atomic E-state index is 0.0417. The van der Waals surface area contributed by atoms with Gasteiger partial charge in [0, 0.05) is 11.8 Å². The number of rotatable bonds is 15. The number of hydrogen-bond donors (Lipinski definition) is 0. The first-order valence-electron chi connectivity index (χ1n) is 45.5. The third-order valence-corrected chi connectivity index (χ3v) is 28.3. The Kier molecular flexibility index (Phi) is 17.6. The lowest BCUT2D eigenvalue weighted by Gasteiger charge is -2.39. The molecule has 0 saturated heterocycles. The zero-order valence-electron chi connectivity index (χ0n) is 71.3. The molecule has 4 aliphatic rings. The monoisotopic (exact) mass is 1640 g/mol. The largest absolute Gasteiger partial charge is 0.0622 e. The Balaban J connectivity index is 0.763. The second-order valence-corrected chi connectivity index (χ2v) is 35.2. The van der Waals surface area contributed by atoms with Crippen molar-refractivity contribution >= 4 is 65.4 Å². The van der Waals surface area contributed by atoms with Crippen LogP contribution in [-0.4, -0.2) is 0 Å². The van der Waals surface area contributed by atoms with E-state index >= 15 is 0 Å². The molecule has 4 aliphatic carbocycles. The summed E-state index contributed by atoms with van der Waals surface area (Å²) in [5.74, 6) is -0.112. The van der Waals surface area contributed by atoms with Gasteiger partial charge in [-0.2, -0.15) is 0 Å². The first kappa shape index (κ1) is 74.8. The fraction of sp³-hybridized carbons (Fsp3) is 0.0154. The summed E-state index contributed by atoms with van der Waals surface area (Å²) < 4.78 is 0. The molecule has 0 aromatic heterocycles. The maximum absolute atomic E-state index is 2.60. The molecule has 26 rings (SSSR count). The van der Waals surface area contributed by atoms with Gasteiger partial charge in [-0.1, -0.05) is 443 Å². The molecule has 2 unspecified atom stereocenters. The molecular formula is C130H82. The van der Waals surface area contributed by atoms with E-state index in [1.165, 1.54) is 243 Å². The molecule has 0 fully saturated rings. The van der Waals surface area contributed by atoms with Gasteiger partial charge in [0.15, 0.2) is 0 Å². The van der Waals surface area contributed by atoms with E-state index in [-0.39, 0.29) is 11.8 Å². The molecule has 0 nitrogen and oxygen atoms in total. The number of hydrogen-bond acceptors (Lipinski definition) is 0. The lowest BCUT2D eigenvalue weighted by molar-refractivity contribution is 0.767. The Bertz CT molecular complexity index is 8140. The van der Waals surface area contributed by atoms with E-state index in [2.05, 4.69) is 485 Å². The van der Waals surface area contributed by atoms with E-state index in [1.807, 2.05) is 0 Å². The summed E-state index contributed by atoms with van der Waals surface area (Å²) in [5, 5.41) is 9.85. The van der Waals surface area contributed by atoms with Crippen molar-refractivity contribution in [1.82, 2.24) is 0 Å². The number of fused-ring (bicyclic) bond motifs is 10. The van der Waals surface area contributed by atoms with E-state index in [0.29, 0.717) is 0 Å². The molecule has 0 heterocycles. The SMILES string of the molecule is c1ccc(C2=C3C(=C(c4ccccc4)C(c4ccccc4)C2c2ccccc2)c2cc(-c4cc(-c5ccc6c7c(cccc57)-c5c(-c7ccccc7)c(-c7ccccc7)c(-c7ccccc7)c(-c7ccccc7)c5-6)cc(-c5ccc6c7c(cccc57)-c5c-6c(-c6ccccc6)c6cc(-c7ccccc7)c(-c7ccccc7)cc6c5-c5ccccc5)c4)cc4cccc3c24)cc1. The van der Waals surface area contributed by atoms with E-state index in [9.17, 15) is 0 Å². The second-order valence-electron chi connectivity index (χ2n) is 35.2. The van der Waals surface area contributed by atoms with E-state index in [1.54, 1.807) is 0 Å². The molecule has 0 aliphatic heterocycles. The fourth-order valence-electron chi connectivity index (χ4n) is 23.1. The highest BCUT2D eigenvalue weighted by Gasteiger charge is 2.45. The third kappa shape index (κ3) is 11.8. The average Bonchev–Trinajstić information content (AvgIpc) is 1.53. The molecule has 22 aromatic rings. The van der Waals surface area contributed by atoms with Crippen molar-refractivity contribution in [3.63, 3.8) is 0 Å². The lowest BCUT2D eigenvalue weighted by Crippen LogP contribution is -2.21. The molecule has 0 amide bonds. The van der Waals surface area contributed by atoms with Crippen LogP contribution in [0.25, 0.3) is 232 Å². The zero-order chi connectivity index (χ0) is 85.4. The number of allylic oxidation sites excluding steroid dienone is 4. The van der Waals surface area contributed by atoms with Crippen molar-refractivity contribution in [2.45, 2.75) is 11.8 Å². The first-order valence-corrected chi connectivity index (χ1v) is 45.5. The van der Waals surface area contributed by atoms with Gasteiger partial charge in [-0.05, 0) is 308 Å². The predicted molar refractivity (Wildman–Crippen MR) is 550 cm³/mol. The second kappa shape index (κ2) is 30.6. The Hall–Kier alpha value is -16.6. The van der Waals surface area contributed by atoms with Crippen LogP contribution in [0.2, 0.25) is 0 Å². The Morgan fingerprint density at radius 3 is 0.762 bits per heavy atom. The van der Waals surface area contributed by atoms with Crippen LogP contribution >= 0.6 is 0 Å². The topological polar surface area (TPSA) is 0 Å². The molecule has 0 heteroatoms. The van der Waals surface area contributed by atoms with Gasteiger partial charge in [-0.3, -0.25) is 0 Å². The van der Waals surface area contributed by atoms with Crippen LogP contribution in [0.4, 0.5) is 0 Å². The summed E-state index contributed by atoms with van der Waals surface area (Å²) in [6, 6.07) is 184. The summed E-state index contributed by atoms with van der Waals surface area (Å²) in [4.78, 5) is 0. The zero-order valence-corrected chi connectivity index (χ0v) is 71.3. The third-order valence-electron chi connectivity index (χ3n) is 28.3. The van der Waals surface area contributed by atoms with Crippen LogP contribution in [0.1, 0.15) is 45.2 Å². The van der Waals surface area contributed by atoms with Gasteiger partial charge in [-0.15, -0.1) is 0 Å². The molecule has 0 spiro atoms. The molecule has 130 heavy (non-hydrogen) atoms. The van der Waals surface area contributed by atoms with Crippen molar-refractivity contribution in [1.29, 1.82) is 0 Å². The van der Waals surface area contributed by atoms with Crippen molar-refractivity contribution in [2.24, 2.45) is 0 Å². The van der Waals surface area contributed by atoms with Gasteiger partial charge < -0.3 is 0 Å². The molecular weight excluding hydrogens is 1560 g/mol. The Morgan fingerprint density at radius 1 is 0.123 bits per heavy atom. The molecule has 602 valence electrons. The first-order chi connectivity index (χ1) is 64.6. The van der Waals surface area contributed by atoms with Gasteiger partial charge in [0.25, 0.3) is 0 Å². The Morgan fingerprint density at radius 2 is 0.392 bits per heavy atom. The van der Waals surface area contributed by atoms with Gasteiger partial charge >= 0.3 is 0 Å². The smallest absolute Gasteiger partial charge is 0.0211 e. The summed E-state index contributed by atoms with van der Waals surface area (Å²) in [6.45, 7) is 0. The summed E-state index contributed by atoms with van der Waals surface area (Å²) >= 11 is 0. The Labute approximate surface area is 757 Å². The van der Waals surface area contributed by atoms with Crippen LogP contribution in [-0.2, 0) is 0 Å². The fourth-order valence-corrected chi connectivity index (χ4v) is 23.1. The highest BCUT2D eigenvalue weighted by Crippen LogP contribution is 2.67. The molecule has 2 atom stereocenters. The van der Waals surface area contributed by atoms with Crippen LogP contribution in [0.15, 0.2) is 485 Å². The molecule has 0 radical (unpaired) electrons. The van der Waals surface area contributed by atoms with Crippen molar-refractivity contribution in [3.8, 4) is 167 Å². The van der Waals surface area contributed by atoms with Crippen molar-refractivity contribution < 1.29 is 0 Å². The van der Waals surface area contributed by atoms with Gasteiger partial charge in [0.05, 0.1) is 0 Å². The summed E-state index contributed by atoms with van der Waals surface area (Å²) in [7, 11) is 0. The maximum atomic E-state index is 2.60. The van der Waals surface area contributed by atoms with E-state index < -0.39 is 0 Å². The maximum Gasteiger partial charge on any atom is 0.0211 e. The van der Waals surface area contributed by atoms with Crippen molar-refractivity contribution in [2.75, 3.05) is 0 Å². The summed E-state index contributed by atoms with van der Waals surface area (Å²) in [5.41, 5.74) is 49.0. The minimum Gasteiger partial charge on any atom is -0.0622 e. The average molecular weight is 1640 g/mol. The predicted octanol–water partition coefficient (Wildman–Crippen LogP) is 35.3. The van der Waals surface area contributed by atoms with Crippen LogP contribution in [0.3, 0.4) is 0 Å². The quantitative estimate of drug-likeness (QED) is 0.0960. The standard InChI is InChI=1S/C130H82/c1-13-40-81(41-14-1)107-79-109-110(80-108(107)82-42-15-2-16-43-82)114(84-46-19-4-20-47-84)126-105-72-70-98(100-65-38-68-103(123(100)105)125(126)113(109)83-44-17-3-18-45-83)96-75-94(95-74-93-64-37-67-102-112(93)111(78-95)130-122(92-62-35-12-36-63-92)118(88-54-27-8-28-55-88)117(87-52-25-7-26-53-87)119(127(102)130)89-56-29-9-30-57-89)76-97(77-96)99-71-73-106-124-101(99)66-39-69-104(124)128-120(90-58-31-10-32-59-90)115(85-48-21-5-22-49-85)116(86-50-23-6-24-51-86)121(129(106)128)91-60-33-11-34-61-91/h1-80,117-118H. The van der Waals surface area contributed by atoms with Gasteiger partial charge in [0.1, 0.15) is 0 Å². The van der Waals surface area contributed by atoms with Gasteiger partial charge in [-0.25, -0.2) is 0 Å². The lowest BCUT2D eigenvalue weighted by atomic mass is 9.63. The highest BCUT2D eigenvalue weighted by molar-refractivity contribution is 6.36. The minimum atomic E-state index is -0.0698. The van der Waals surface area contributed by atoms with E-state index in [4.69, 9.17) is 0 Å². The number of benzene rings is 22. The highest BCUT2D eigenvalue weighted by atomic mass is 14.5. The molecule has 22 aromatic carbocycles. The molecule has 0 bridgehead atoms. The molecule has 0 saturated carbocycles. The molecule has 0 N–H and O–H groups in total.